The van der Waals surface area contributed by atoms with E-state index in [1.165, 1.54) is 5.56 Å². The maximum Gasteiger partial charge on any atom is 0.287 e. The van der Waals surface area contributed by atoms with Gasteiger partial charge in [-0.15, -0.1) is 0 Å². The van der Waals surface area contributed by atoms with Crippen LogP contribution in [0.2, 0.25) is 0 Å². The van der Waals surface area contributed by atoms with E-state index >= 15 is 0 Å². The largest absolute Gasteiger partial charge is 0.455 e. The molecule has 2 aliphatic heterocycles. The summed E-state index contributed by atoms with van der Waals surface area (Å²) < 4.78 is 13.6. The first-order chi connectivity index (χ1) is 14.5. The number of likely N-dealkylation sites (tertiary alicyclic amines) is 1. The molecule has 4 heterocycles. The second-order valence-electron chi connectivity index (χ2n) is 8.71. The Morgan fingerprint density at radius 2 is 2.13 bits per heavy atom. The molecule has 2 fully saturated rings. The number of hydrogen-bond donors (Lipinski definition) is 1. The topological polar surface area (TPSA) is 89.6 Å². The lowest BCUT2D eigenvalue weighted by Gasteiger charge is -2.38. The Hall–Kier alpha value is -2.61. The predicted octanol–water partition coefficient (Wildman–Crippen LogP) is 1.94. The first kappa shape index (κ1) is 19.4. The number of amides is 2. The molecule has 0 spiro atoms. The highest BCUT2D eigenvalue weighted by atomic mass is 16.5. The Morgan fingerprint density at radius 1 is 1.30 bits per heavy atom. The highest BCUT2D eigenvalue weighted by molar-refractivity contribution is 5.95. The minimum Gasteiger partial charge on any atom is -0.455 e. The Kier molecular flexibility index (Phi) is 4.89. The minimum atomic E-state index is -0.183. The first-order valence-electron chi connectivity index (χ1n) is 10.8. The van der Waals surface area contributed by atoms with Crippen LogP contribution in [0, 0.1) is 12.8 Å². The summed E-state index contributed by atoms with van der Waals surface area (Å²) in [5, 5.41) is 7.79. The maximum atomic E-state index is 12.7. The standard InChI is InChI=1S/C22H28N4O4/c1-13-19-18(30-21(13)22(28)23-8-17-4-3-7-29-17)6-5-16-12-26(24-20(16)19)11-15-9-25(10-15)14(2)27/h12,15,17H,3-11H2,1-2H3,(H,23,28)/t17-/m0/s1. The number of carbonyl (C=O) groups is 2. The van der Waals surface area contributed by atoms with Crippen LogP contribution in [-0.4, -0.2) is 58.8 Å². The summed E-state index contributed by atoms with van der Waals surface area (Å²) in [6.45, 7) is 7.23. The van der Waals surface area contributed by atoms with Crippen molar-refractivity contribution in [2.75, 3.05) is 26.2 Å². The lowest BCUT2D eigenvalue weighted by molar-refractivity contribution is -0.135. The number of aryl methyl sites for hydroxylation is 2. The van der Waals surface area contributed by atoms with Gasteiger partial charge in [0.05, 0.1) is 11.8 Å². The SMILES string of the molecule is CC(=O)N1CC(Cn2cc3c(n2)-c2c(oc(C(=O)NC[C@@H]4CCCO4)c2C)CC3)C1. The molecule has 1 atom stereocenters. The number of hydrogen-bond acceptors (Lipinski definition) is 5. The summed E-state index contributed by atoms with van der Waals surface area (Å²) in [5.74, 6) is 1.63. The summed E-state index contributed by atoms with van der Waals surface area (Å²) in [7, 11) is 0. The number of aromatic nitrogens is 2. The minimum absolute atomic E-state index is 0.103. The molecule has 3 aliphatic rings. The van der Waals surface area contributed by atoms with Crippen LogP contribution in [0.4, 0.5) is 0 Å². The predicted molar refractivity (Wildman–Crippen MR) is 109 cm³/mol. The number of fused-ring (bicyclic) bond motifs is 3. The van der Waals surface area contributed by atoms with Crippen molar-refractivity contribution < 1.29 is 18.7 Å². The van der Waals surface area contributed by atoms with Gasteiger partial charge in [-0.3, -0.25) is 14.3 Å². The molecule has 0 unspecified atom stereocenters. The van der Waals surface area contributed by atoms with Crippen LogP contribution < -0.4 is 5.32 Å². The van der Waals surface area contributed by atoms with Crippen LogP contribution in [-0.2, 0) is 28.9 Å². The molecule has 0 saturated carbocycles. The Bertz CT molecular complexity index is 980. The summed E-state index contributed by atoms with van der Waals surface area (Å²) in [4.78, 5) is 26.0. The van der Waals surface area contributed by atoms with Gasteiger partial charge in [0.2, 0.25) is 5.91 Å². The van der Waals surface area contributed by atoms with Crippen LogP contribution >= 0.6 is 0 Å². The van der Waals surface area contributed by atoms with Crippen molar-refractivity contribution in [1.82, 2.24) is 20.0 Å². The molecule has 160 valence electrons. The van der Waals surface area contributed by atoms with E-state index in [9.17, 15) is 9.59 Å². The van der Waals surface area contributed by atoms with Gasteiger partial charge in [-0.2, -0.15) is 5.10 Å². The lowest BCUT2D eigenvalue weighted by Crippen LogP contribution is -2.50. The monoisotopic (exact) mass is 412 g/mol. The van der Waals surface area contributed by atoms with Crippen LogP contribution in [0.5, 0.6) is 0 Å². The summed E-state index contributed by atoms with van der Waals surface area (Å²) in [6, 6.07) is 0. The number of nitrogens with one attached hydrogen (secondary N) is 1. The van der Waals surface area contributed by atoms with E-state index in [1.54, 1.807) is 6.92 Å². The molecule has 30 heavy (non-hydrogen) atoms. The van der Waals surface area contributed by atoms with Crippen molar-refractivity contribution in [1.29, 1.82) is 0 Å². The van der Waals surface area contributed by atoms with Gasteiger partial charge in [0.1, 0.15) is 5.76 Å². The lowest BCUT2D eigenvalue weighted by atomic mass is 9.93. The van der Waals surface area contributed by atoms with Gasteiger partial charge in [-0.05, 0) is 31.7 Å². The molecule has 0 radical (unpaired) electrons. The fourth-order valence-electron chi connectivity index (χ4n) is 4.77. The van der Waals surface area contributed by atoms with E-state index in [0.29, 0.717) is 18.2 Å². The molecule has 2 aromatic rings. The van der Waals surface area contributed by atoms with E-state index in [2.05, 4.69) is 11.5 Å². The van der Waals surface area contributed by atoms with E-state index in [1.807, 2.05) is 16.5 Å². The molecule has 2 aromatic heterocycles. The summed E-state index contributed by atoms with van der Waals surface area (Å²) in [6.07, 6.45) is 5.88. The number of rotatable bonds is 5. The van der Waals surface area contributed by atoms with E-state index < -0.39 is 0 Å². The average molecular weight is 412 g/mol. The smallest absolute Gasteiger partial charge is 0.287 e. The highest BCUT2D eigenvalue weighted by Gasteiger charge is 2.32. The van der Waals surface area contributed by atoms with Gasteiger partial charge in [0.25, 0.3) is 5.91 Å². The summed E-state index contributed by atoms with van der Waals surface area (Å²) in [5.41, 5.74) is 3.95. The maximum absolute atomic E-state index is 12.7. The van der Waals surface area contributed by atoms with E-state index in [4.69, 9.17) is 14.3 Å². The molecule has 0 bridgehead atoms. The zero-order valence-electron chi connectivity index (χ0n) is 17.6. The van der Waals surface area contributed by atoms with Gasteiger partial charge >= 0.3 is 0 Å². The molecule has 1 N–H and O–H groups in total. The van der Waals surface area contributed by atoms with Gasteiger partial charge in [-0.1, -0.05) is 0 Å². The second-order valence-corrected chi connectivity index (χ2v) is 8.71. The highest BCUT2D eigenvalue weighted by Crippen LogP contribution is 2.38. The normalized spacial score (nSPS) is 20.6. The van der Waals surface area contributed by atoms with Crippen LogP contribution in [0.3, 0.4) is 0 Å². The second kappa shape index (κ2) is 7.58. The Balaban J connectivity index is 1.31. The summed E-state index contributed by atoms with van der Waals surface area (Å²) >= 11 is 0. The molecule has 1 aliphatic carbocycles. The van der Waals surface area contributed by atoms with Crippen molar-refractivity contribution >= 4 is 11.8 Å². The molecule has 2 saturated heterocycles. The van der Waals surface area contributed by atoms with Crippen LogP contribution in [0.1, 0.15) is 47.2 Å². The number of ether oxygens (including phenoxy) is 1. The average Bonchev–Trinajstić information content (AvgIpc) is 3.40. The molecule has 8 nitrogen and oxygen atoms in total. The van der Waals surface area contributed by atoms with Gasteiger partial charge < -0.3 is 19.4 Å². The number of furan rings is 1. The fraction of sp³-hybridized carbons (Fsp3) is 0.591. The third-order valence-electron chi connectivity index (χ3n) is 6.48. The molecule has 8 heteroatoms. The Morgan fingerprint density at radius 3 is 2.87 bits per heavy atom. The van der Waals surface area contributed by atoms with E-state index in [-0.39, 0.29) is 17.9 Å². The van der Waals surface area contributed by atoms with Crippen LogP contribution in [0.15, 0.2) is 10.6 Å². The van der Waals surface area contributed by atoms with Crippen molar-refractivity contribution in [3.05, 3.63) is 28.8 Å². The van der Waals surface area contributed by atoms with Crippen molar-refractivity contribution in [2.45, 2.75) is 52.2 Å². The zero-order valence-corrected chi connectivity index (χ0v) is 17.6. The van der Waals surface area contributed by atoms with Gasteiger partial charge in [0.15, 0.2) is 5.76 Å². The molecule has 5 rings (SSSR count). The van der Waals surface area contributed by atoms with Crippen LogP contribution in [0.25, 0.3) is 11.3 Å². The Labute approximate surface area is 175 Å². The molecular formula is C22H28N4O4. The van der Waals surface area contributed by atoms with E-state index in [0.717, 1.165) is 74.5 Å². The van der Waals surface area contributed by atoms with Crippen molar-refractivity contribution in [3.8, 4) is 11.3 Å². The fourth-order valence-corrected chi connectivity index (χ4v) is 4.77. The first-order valence-corrected chi connectivity index (χ1v) is 10.8. The number of nitrogens with zero attached hydrogens (tertiary/aromatic N) is 3. The zero-order chi connectivity index (χ0) is 20.8. The molecule has 2 amide bonds. The number of carbonyl (C=O) groups excluding carboxylic acids is 2. The van der Waals surface area contributed by atoms with Gasteiger partial charge in [-0.25, -0.2) is 0 Å². The van der Waals surface area contributed by atoms with Crippen molar-refractivity contribution in [2.24, 2.45) is 5.92 Å². The third-order valence-corrected chi connectivity index (χ3v) is 6.48. The van der Waals surface area contributed by atoms with Gasteiger partial charge in [0, 0.05) is 69.4 Å². The third kappa shape index (κ3) is 3.43. The quantitative estimate of drug-likeness (QED) is 0.811. The molecular weight excluding hydrogens is 384 g/mol. The van der Waals surface area contributed by atoms with Crippen molar-refractivity contribution in [3.63, 3.8) is 0 Å². The molecule has 0 aromatic carbocycles.